The molecule has 0 saturated carbocycles. The second kappa shape index (κ2) is 7.85. The lowest BCUT2D eigenvalue weighted by molar-refractivity contribution is -0.136. The third-order valence-electron chi connectivity index (χ3n) is 2.24. The van der Waals surface area contributed by atoms with Crippen molar-refractivity contribution in [2.45, 2.75) is 27.7 Å². The molecule has 3 nitrogen and oxygen atoms in total. The maximum Gasteiger partial charge on any atom is 0.333 e. The summed E-state index contributed by atoms with van der Waals surface area (Å²) < 4.78 is 4.62. The zero-order valence-corrected chi connectivity index (χ0v) is 11.3. The molecule has 0 fully saturated rings. The van der Waals surface area contributed by atoms with Crippen LogP contribution in [0.15, 0.2) is 34.9 Å². The molecule has 17 heavy (non-hydrogen) atoms. The fraction of sp³-hybridized carbons (Fsp3) is 0.500. The average Bonchev–Trinajstić information content (AvgIpc) is 2.26. The lowest BCUT2D eigenvalue weighted by Gasteiger charge is -2.03. The predicted octanol–water partition coefficient (Wildman–Crippen LogP) is 2.63. The van der Waals surface area contributed by atoms with Gasteiger partial charge in [-0.2, -0.15) is 0 Å². The highest BCUT2D eigenvalue weighted by atomic mass is 16.5. The number of methoxy groups -OCH3 is 1. The molecule has 0 amide bonds. The lowest BCUT2D eigenvalue weighted by Crippen LogP contribution is -2.01. The molecule has 0 aliphatic heterocycles. The van der Waals surface area contributed by atoms with Crippen LogP contribution in [0.25, 0.3) is 0 Å². The Labute approximate surface area is 103 Å². The van der Waals surface area contributed by atoms with Gasteiger partial charge in [-0.15, -0.1) is 0 Å². The summed E-state index contributed by atoms with van der Waals surface area (Å²) in [6.45, 7) is 7.70. The molecule has 0 bridgehead atoms. The molecule has 0 rings (SSSR count). The number of hydrogen-bond donors (Lipinski definition) is 1. The molecule has 0 heterocycles. The zero-order valence-electron chi connectivity index (χ0n) is 11.3. The summed E-state index contributed by atoms with van der Waals surface area (Å²) in [6.07, 6.45) is 5.75. The molecule has 1 N–H and O–H groups in total. The van der Waals surface area contributed by atoms with Crippen molar-refractivity contribution in [3.63, 3.8) is 0 Å². The fourth-order valence-corrected chi connectivity index (χ4v) is 1.51. The van der Waals surface area contributed by atoms with E-state index in [0.717, 1.165) is 11.1 Å². The molecule has 0 aromatic heterocycles. The van der Waals surface area contributed by atoms with Gasteiger partial charge in [-0.05, 0) is 32.8 Å². The zero-order chi connectivity index (χ0) is 13.4. The number of carbonyl (C=O) groups excluding carboxylic acids is 1. The van der Waals surface area contributed by atoms with Crippen LogP contribution in [-0.4, -0.2) is 24.8 Å². The van der Waals surface area contributed by atoms with Gasteiger partial charge in [-0.3, -0.25) is 0 Å². The molecule has 0 aromatic rings. The van der Waals surface area contributed by atoms with Crippen molar-refractivity contribution >= 4 is 5.97 Å². The lowest BCUT2D eigenvalue weighted by atomic mass is 10.1. The molecular formula is C14H22O3. The van der Waals surface area contributed by atoms with Crippen LogP contribution in [0.2, 0.25) is 0 Å². The first kappa shape index (κ1) is 15.7. The van der Waals surface area contributed by atoms with Gasteiger partial charge in [-0.1, -0.05) is 30.2 Å². The molecule has 96 valence electrons. The number of hydrogen-bond acceptors (Lipinski definition) is 3. The van der Waals surface area contributed by atoms with Gasteiger partial charge >= 0.3 is 5.97 Å². The van der Waals surface area contributed by atoms with Crippen molar-refractivity contribution in [2.75, 3.05) is 13.7 Å². The minimum Gasteiger partial charge on any atom is -0.466 e. The first-order valence-electron chi connectivity index (χ1n) is 5.65. The monoisotopic (exact) mass is 238 g/mol. The molecule has 0 unspecified atom stereocenters. The molecule has 0 aliphatic rings. The maximum absolute atomic E-state index is 11.2. The minimum absolute atomic E-state index is 0.140. The van der Waals surface area contributed by atoms with E-state index < -0.39 is 0 Å². The molecule has 1 atom stereocenters. The Bertz CT molecular complexity index is 348. The van der Waals surface area contributed by atoms with E-state index in [1.807, 2.05) is 32.9 Å². The second-order valence-electron chi connectivity index (χ2n) is 4.28. The van der Waals surface area contributed by atoms with E-state index in [9.17, 15) is 4.79 Å². The first-order chi connectivity index (χ1) is 7.90. The Morgan fingerprint density at radius 2 is 1.82 bits per heavy atom. The molecule has 0 aromatic carbocycles. The highest BCUT2D eigenvalue weighted by Gasteiger charge is 2.02. The van der Waals surface area contributed by atoms with E-state index in [2.05, 4.69) is 4.74 Å². The maximum atomic E-state index is 11.2. The van der Waals surface area contributed by atoms with E-state index in [4.69, 9.17) is 5.11 Å². The Kier molecular flexibility index (Phi) is 7.22. The summed E-state index contributed by atoms with van der Waals surface area (Å²) in [4.78, 5) is 11.2. The average molecular weight is 238 g/mol. The van der Waals surface area contributed by atoms with E-state index in [0.29, 0.717) is 5.57 Å². The van der Waals surface area contributed by atoms with Crippen LogP contribution >= 0.6 is 0 Å². The smallest absolute Gasteiger partial charge is 0.333 e. The largest absolute Gasteiger partial charge is 0.466 e. The molecular weight excluding hydrogens is 216 g/mol. The summed E-state index contributed by atoms with van der Waals surface area (Å²) in [5.41, 5.74) is 2.62. The fourth-order valence-electron chi connectivity index (χ4n) is 1.51. The number of carbonyl (C=O) groups is 1. The molecule has 3 heteroatoms. The van der Waals surface area contributed by atoms with Crippen LogP contribution in [0.1, 0.15) is 27.7 Å². The number of aliphatic hydroxyl groups is 1. The minimum atomic E-state index is -0.317. The van der Waals surface area contributed by atoms with Crippen LogP contribution in [0, 0.1) is 5.92 Å². The summed E-state index contributed by atoms with van der Waals surface area (Å²) >= 11 is 0. The van der Waals surface area contributed by atoms with Crippen molar-refractivity contribution in [3.8, 4) is 0 Å². The Morgan fingerprint density at radius 3 is 2.29 bits per heavy atom. The molecule has 0 saturated heterocycles. The van der Waals surface area contributed by atoms with Crippen LogP contribution < -0.4 is 0 Å². The van der Waals surface area contributed by atoms with Gasteiger partial charge < -0.3 is 9.84 Å². The van der Waals surface area contributed by atoms with Crippen molar-refractivity contribution in [1.82, 2.24) is 0 Å². The first-order valence-corrected chi connectivity index (χ1v) is 5.65. The molecule has 0 aliphatic carbocycles. The summed E-state index contributed by atoms with van der Waals surface area (Å²) in [6, 6.07) is 0. The standard InChI is InChI=1S/C14H22O3/c1-10(7-12(3)9-15)6-11(2)8-13(4)14(16)17-5/h6-8,12,15H,9H2,1-5H3/b10-7-,11-6+,13-8+/t12-/m1/s1. The Morgan fingerprint density at radius 1 is 1.24 bits per heavy atom. The Hall–Kier alpha value is -1.35. The van der Waals surface area contributed by atoms with Gasteiger partial charge in [0.2, 0.25) is 0 Å². The van der Waals surface area contributed by atoms with Crippen LogP contribution in [0.4, 0.5) is 0 Å². The highest BCUT2D eigenvalue weighted by molar-refractivity contribution is 5.88. The van der Waals surface area contributed by atoms with Crippen molar-refractivity contribution in [2.24, 2.45) is 5.92 Å². The quantitative estimate of drug-likeness (QED) is 0.455. The second-order valence-corrected chi connectivity index (χ2v) is 4.28. The SMILES string of the molecule is COC(=O)/C(C)=C/C(C)=C/C(C)=C\[C@@H](C)CO. The third-order valence-corrected chi connectivity index (χ3v) is 2.24. The topological polar surface area (TPSA) is 46.5 Å². The van der Waals surface area contributed by atoms with E-state index in [1.54, 1.807) is 13.0 Å². The Balaban J connectivity index is 4.76. The van der Waals surface area contributed by atoms with Gasteiger partial charge in [0, 0.05) is 12.2 Å². The van der Waals surface area contributed by atoms with Crippen LogP contribution in [-0.2, 0) is 9.53 Å². The van der Waals surface area contributed by atoms with Crippen LogP contribution in [0.5, 0.6) is 0 Å². The van der Waals surface area contributed by atoms with Gasteiger partial charge in [0.25, 0.3) is 0 Å². The highest BCUT2D eigenvalue weighted by Crippen LogP contribution is 2.09. The van der Waals surface area contributed by atoms with Crippen molar-refractivity contribution < 1.29 is 14.6 Å². The number of esters is 1. The van der Waals surface area contributed by atoms with Gasteiger partial charge in [0.15, 0.2) is 0 Å². The summed E-state index contributed by atoms with van der Waals surface area (Å²) in [5, 5.41) is 8.93. The third kappa shape index (κ3) is 6.74. The van der Waals surface area contributed by atoms with Crippen molar-refractivity contribution in [1.29, 1.82) is 0 Å². The van der Waals surface area contributed by atoms with Crippen LogP contribution in [0.3, 0.4) is 0 Å². The van der Waals surface area contributed by atoms with Gasteiger partial charge in [0.05, 0.1) is 7.11 Å². The number of allylic oxidation sites excluding steroid dienone is 4. The number of ether oxygens (including phenoxy) is 1. The van der Waals surface area contributed by atoms with E-state index >= 15 is 0 Å². The number of rotatable bonds is 5. The van der Waals surface area contributed by atoms with E-state index in [-0.39, 0.29) is 18.5 Å². The summed E-state index contributed by atoms with van der Waals surface area (Å²) in [7, 11) is 1.37. The number of aliphatic hydroxyl groups excluding tert-OH is 1. The van der Waals surface area contributed by atoms with Crippen molar-refractivity contribution in [3.05, 3.63) is 34.9 Å². The predicted molar refractivity (Wildman–Crippen MR) is 69.5 cm³/mol. The molecule has 0 radical (unpaired) electrons. The summed E-state index contributed by atoms with van der Waals surface area (Å²) in [5.74, 6) is -0.173. The van der Waals surface area contributed by atoms with E-state index in [1.165, 1.54) is 7.11 Å². The van der Waals surface area contributed by atoms with Gasteiger partial charge in [-0.25, -0.2) is 4.79 Å². The normalized spacial score (nSPS) is 15.8. The molecule has 0 spiro atoms. The van der Waals surface area contributed by atoms with Gasteiger partial charge in [0.1, 0.15) is 0 Å².